The molecule has 3 aromatic heterocycles. The molecule has 0 aliphatic heterocycles. The number of rotatable bonds is 6. The highest BCUT2D eigenvalue weighted by Gasteiger charge is 2.10. The lowest BCUT2D eigenvalue weighted by molar-refractivity contribution is 0.0993. The van der Waals surface area contributed by atoms with Crippen LogP contribution in [-0.4, -0.2) is 25.1 Å². The molecular weight excluding hydrogens is 386 g/mol. The number of hydrogen-bond acceptors (Lipinski definition) is 5. The number of anilines is 2. The van der Waals surface area contributed by atoms with Crippen LogP contribution in [0.5, 0.6) is 0 Å². The number of carbonyl (C=O) groups is 1. The lowest BCUT2D eigenvalue weighted by Crippen LogP contribution is -2.04. The van der Waals surface area contributed by atoms with Crippen LogP contribution in [0.3, 0.4) is 0 Å². The summed E-state index contributed by atoms with van der Waals surface area (Å²) in [6.45, 7) is 0. The molecule has 3 heterocycles. The van der Waals surface area contributed by atoms with E-state index in [4.69, 9.17) is 0 Å². The van der Waals surface area contributed by atoms with Gasteiger partial charge < -0.3 is 5.32 Å². The number of aromatic nitrogens is 4. The van der Waals surface area contributed by atoms with Crippen molar-refractivity contribution in [2.45, 2.75) is 6.42 Å². The van der Waals surface area contributed by atoms with Gasteiger partial charge in [0.2, 0.25) is 5.95 Å². The summed E-state index contributed by atoms with van der Waals surface area (Å²) in [5, 5.41) is 3.21. The first-order valence-corrected chi connectivity index (χ1v) is 9.96. The van der Waals surface area contributed by atoms with Gasteiger partial charge in [-0.2, -0.15) is 0 Å². The van der Waals surface area contributed by atoms with Crippen molar-refractivity contribution in [1.29, 1.82) is 0 Å². The Balaban J connectivity index is 1.32. The van der Waals surface area contributed by atoms with E-state index in [-0.39, 0.29) is 5.78 Å². The third kappa shape index (κ3) is 4.04. The van der Waals surface area contributed by atoms with Crippen molar-refractivity contribution in [3.8, 4) is 11.4 Å². The molecule has 2 aromatic carbocycles. The van der Waals surface area contributed by atoms with Gasteiger partial charge in [-0.05, 0) is 48.0 Å². The highest BCUT2D eigenvalue weighted by molar-refractivity contribution is 5.97. The predicted molar refractivity (Wildman–Crippen MR) is 120 cm³/mol. The monoisotopic (exact) mass is 405 g/mol. The zero-order valence-corrected chi connectivity index (χ0v) is 16.6. The van der Waals surface area contributed by atoms with Gasteiger partial charge in [-0.3, -0.25) is 9.20 Å². The third-order valence-corrected chi connectivity index (χ3v) is 5.01. The molecule has 0 bridgehead atoms. The Morgan fingerprint density at radius 2 is 1.68 bits per heavy atom. The number of nitrogens with zero attached hydrogens (tertiary/aromatic N) is 4. The molecular formula is C25H19N5O. The number of imidazole rings is 1. The average molecular weight is 405 g/mol. The van der Waals surface area contributed by atoms with Gasteiger partial charge in [0.25, 0.3) is 0 Å². The Morgan fingerprint density at radius 1 is 0.871 bits per heavy atom. The van der Waals surface area contributed by atoms with E-state index in [1.807, 2.05) is 89.5 Å². The van der Waals surface area contributed by atoms with E-state index in [1.54, 1.807) is 12.4 Å². The number of hydrogen-bond donors (Lipinski definition) is 1. The molecule has 31 heavy (non-hydrogen) atoms. The fraction of sp³-hybridized carbons (Fsp3) is 0.0400. The Kier molecular flexibility index (Phi) is 4.94. The van der Waals surface area contributed by atoms with Crippen LogP contribution < -0.4 is 5.32 Å². The largest absolute Gasteiger partial charge is 0.324 e. The highest BCUT2D eigenvalue weighted by Crippen LogP contribution is 2.21. The second kappa shape index (κ2) is 8.20. The standard InChI is InChI=1S/C25H19N5O/c31-23(16-18-6-2-1-3-7-18)19-9-11-20(12-10-19)28-25-26-14-13-21(29-25)22-17-27-24-8-4-5-15-30(22)24/h1-15,17H,16H2,(H,26,28,29). The first-order chi connectivity index (χ1) is 15.3. The van der Waals surface area contributed by atoms with Gasteiger partial charge in [0.1, 0.15) is 5.65 Å². The van der Waals surface area contributed by atoms with Gasteiger partial charge >= 0.3 is 0 Å². The van der Waals surface area contributed by atoms with Crippen molar-refractivity contribution >= 4 is 23.1 Å². The Labute approximate surface area is 179 Å². The minimum atomic E-state index is 0.0867. The zero-order chi connectivity index (χ0) is 21.0. The molecule has 0 spiro atoms. The summed E-state index contributed by atoms with van der Waals surface area (Å²) in [6, 6.07) is 24.8. The summed E-state index contributed by atoms with van der Waals surface area (Å²) in [4.78, 5) is 25.9. The van der Waals surface area contributed by atoms with Crippen LogP contribution in [0.1, 0.15) is 15.9 Å². The quantitative estimate of drug-likeness (QED) is 0.404. The van der Waals surface area contributed by atoms with E-state index in [2.05, 4.69) is 20.3 Å². The number of carbonyl (C=O) groups excluding carboxylic acids is 1. The number of nitrogens with one attached hydrogen (secondary N) is 1. The summed E-state index contributed by atoms with van der Waals surface area (Å²) in [5.41, 5.74) is 5.02. The van der Waals surface area contributed by atoms with Gasteiger partial charge in [0.15, 0.2) is 5.78 Å². The first kappa shape index (κ1) is 18.7. The highest BCUT2D eigenvalue weighted by atomic mass is 16.1. The van der Waals surface area contributed by atoms with Gasteiger partial charge in [-0.15, -0.1) is 0 Å². The third-order valence-electron chi connectivity index (χ3n) is 5.01. The van der Waals surface area contributed by atoms with Crippen LogP contribution >= 0.6 is 0 Å². The molecule has 6 nitrogen and oxygen atoms in total. The second-order valence-corrected chi connectivity index (χ2v) is 7.13. The van der Waals surface area contributed by atoms with Crippen molar-refractivity contribution in [3.63, 3.8) is 0 Å². The fourth-order valence-electron chi connectivity index (χ4n) is 3.44. The number of ketones is 1. The Bertz CT molecular complexity index is 1340. The molecule has 1 N–H and O–H groups in total. The van der Waals surface area contributed by atoms with Crippen molar-refractivity contribution in [3.05, 3.63) is 109 Å². The smallest absolute Gasteiger partial charge is 0.227 e. The summed E-state index contributed by atoms with van der Waals surface area (Å²) in [6.07, 6.45) is 5.86. The van der Waals surface area contributed by atoms with Crippen molar-refractivity contribution in [1.82, 2.24) is 19.4 Å². The first-order valence-electron chi connectivity index (χ1n) is 9.96. The molecule has 5 aromatic rings. The van der Waals surface area contributed by atoms with Crippen molar-refractivity contribution in [2.24, 2.45) is 0 Å². The fourth-order valence-corrected chi connectivity index (χ4v) is 3.44. The lowest BCUT2D eigenvalue weighted by atomic mass is 10.0. The van der Waals surface area contributed by atoms with Crippen molar-refractivity contribution < 1.29 is 4.79 Å². The molecule has 0 atom stereocenters. The van der Waals surface area contributed by atoms with Crippen LogP contribution in [0.25, 0.3) is 17.0 Å². The predicted octanol–water partition coefficient (Wildman–Crippen LogP) is 4.96. The number of pyridine rings is 1. The molecule has 0 radical (unpaired) electrons. The van der Waals surface area contributed by atoms with Gasteiger partial charge in [-0.25, -0.2) is 15.0 Å². The minimum absolute atomic E-state index is 0.0867. The summed E-state index contributed by atoms with van der Waals surface area (Å²) in [7, 11) is 0. The minimum Gasteiger partial charge on any atom is -0.324 e. The zero-order valence-electron chi connectivity index (χ0n) is 16.6. The van der Waals surface area contributed by atoms with Crippen LogP contribution in [0.15, 0.2) is 97.5 Å². The second-order valence-electron chi connectivity index (χ2n) is 7.13. The molecule has 6 heteroatoms. The van der Waals surface area contributed by atoms with Gasteiger partial charge in [0, 0.05) is 30.1 Å². The van der Waals surface area contributed by atoms with E-state index in [0.29, 0.717) is 17.9 Å². The Hall–Kier alpha value is -4.32. The topological polar surface area (TPSA) is 72.2 Å². The molecule has 0 unspecified atom stereocenters. The van der Waals surface area contributed by atoms with Crippen LogP contribution in [-0.2, 0) is 6.42 Å². The van der Waals surface area contributed by atoms with Gasteiger partial charge in [0.05, 0.1) is 17.6 Å². The summed E-state index contributed by atoms with van der Waals surface area (Å²) >= 11 is 0. The maximum atomic E-state index is 12.5. The molecule has 0 aliphatic rings. The number of Topliss-reactive ketones (excluding diaryl/α,β-unsaturated/α-hetero) is 1. The Morgan fingerprint density at radius 3 is 2.52 bits per heavy atom. The molecule has 150 valence electrons. The summed E-state index contributed by atoms with van der Waals surface area (Å²) < 4.78 is 1.99. The van der Waals surface area contributed by atoms with Crippen LogP contribution in [0.2, 0.25) is 0 Å². The maximum absolute atomic E-state index is 12.5. The van der Waals surface area contributed by atoms with E-state index in [0.717, 1.165) is 28.3 Å². The van der Waals surface area contributed by atoms with Crippen molar-refractivity contribution in [2.75, 3.05) is 5.32 Å². The molecule has 0 saturated carbocycles. The number of fused-ring (bicyclic) bond motifs is 1. The van der Waals surface area contributed by atoms with Crippen LogP contribution in [0, 0.1) is 0 Å². The summed E-state index contributed by atoms with van der Waals surface area (Å²) in [5.74, 6) is 0.565. The molecule has 0 aliphatic carbocycles. The molecule has 0 saturated heterocycles. The average Bonchev–Trinajstić information content (AvgIpc) is 3.25. The maximum Gasteiger partial charge on any atom is 0.227 e. The van der Waals surface area contributed by atoms with Crippen LogP contribution in [0.4, 0.5) is 11.6 Å². The molecule has 5 rings (SSSR count). The number of benzene rings is 2. The van der Waals surface area contributed by atoms with E-state index >= 15 is 0 Å². The molecule has 0 fully saturated rings. The SMILES string of the molecule is O=C(Cc1ccccc1)c1ccc(Nc2nccc(-c3cnc4ccccn34)n2)cc1. The van der Waals surface area contributed by atoms with E-state index in [1.165, 1.54) is 0 Å². The van der Waals surface area contributed by atoms with E-state index in [9.17, 15) is 4.79 Å². The van der Waals surface area contributed by atoms with E-state index < -0.39 is 0 Å². The van der Waals surface area contributed by atoms with Gasteiger partial charge in [-0.1, -0.05) is 36.4 Å². The molecule has 0 amide bonds. The lowest BCUT2D eigenvalue weighted by Gasteiger charge is -2.08. The normalized spacial score (nSPS) is 10.8.